The number of carbonyl (C=O) groups excluding carboxylic acids is 1. The Labute approximate surface area is 170 Å². The number of nitrogens with one attached hydrogen (secondary N) is 1. The number of rotatable bonds is 7. The number of thiophene rings is 1. The number of hydrogen-bond donors (Lipinski definition) is 1. The van der Waals surface area contributed by atoms with Crippen LogP contribution in [-0.4, -0.2) is 37.8 Å². The summed E-state index contributed by atoms with van der Waals surface area (Å²) in [7, 11) is -3.45. The summed E-state index contributed by atoms with van der Waals surface area (Å²) in [5.74, 6) is 0.956. The van der Waals surface area contributed by atoms with Gasteiger partial charge in [-0.1, -0.05) is 25.1 Å². The first kappa shape index (κ1) is 20.8. The van der Waals surface area contributed by atoms with Gasteiger partial charge < -0.3 is 10.1 Å². The lowest BCUT2D eigenvalue weighted by Crippen LogP contribution is -2.37. The van der Waals surface area contributed by atoms with Crippen molar-refractivity contribution in [2.75, 3.05) is 13.1 Å². The Morgan fingerprint density at radius 2 is 1.89 bits per heavy atom. The van der Waals surface area contributed by atoms with Crippen LogP contribution in [-0.2, 0) is 21.4 Å². The average Bonchev–Trinajstić information content (AvgIpc) is 3.17. The van der Waals surface area contributed by atoms with E-state index in [1.54, 1.807) is 35.5 Å². The van der Waals surface area contributed by atoms with Gasteiger partial charge in [-0.2, -0.15) is 4.31 Å². The summed E-state index contributed by atoms with van der Waals surface area (Å²) in [4.78, 5) is 13.0. The monoisotopic (exact) mass is 422 g/mol. The van der Waals surface area contributed by atoms with E-state index in [1.165, 1.54) is 11.3 Å². The van der Waals surface area contributed by atoms with Gasteiger partial charge in [-0.05, 0) is 49.9 Å². The minimum absolute atomic E-state index is 0.244. The van der Waals surface area contributed by atoms with Crippen LogP contribution in [0.1, 0.15) is 31.6 Å². The van der Waals surface area contributed by atoms with Gasteiger partial charge in [-0.25, -0.2) is 8.42 Å². The molecule has 1 N–H and O–H groups in total. The van der Waals surface area contributed by atoms with Gasteiger partial charge in [-0.3, -0.25) is 4.79 Å². The van der Waals surface area contributed by atoms with Crippen molar-refractivity contribution in [1.29, 1.82) is 0 Å². The number of amides is 1. The second-order valence-corrected chi connectivity index (χ2v) is 10.4. The van der Waals surface area contributed by atoms with Crippen molar-refractivity contribution in [1.82, 2.24) is 9.62 Å². The van der Waals surface area contributed by atoms with Gasteiger partial charge in [0, 0.05) is 18.0 Å². The molecule has 0 spiro atoms. The third-order valence-electron chi connectivity index (χ3n) is 4.84. The van der Waals surface area contributed by atoms with Crippen LogP contribution in [0, 0.1) is 5.92 Å². The van der Waals surface area contributed by atoms with Crippen LogP contribution in [0.5, 0.6) is 5.75 Å². The van der Waals surface area contributed by atoms with Crippen molar-refractivity contribution in [3.63, 3.8) is 0 Å². The van der Waals surface area contributed by atoms with Crippen molar-refractivity contribution >= 4 is 27.3 Å². The first-order chi connectivity index (χ1) is 13.4. The van der Waals surface area contributed by atoms with Crippen LogP contribution in [0.25, 0.3) is 0 Å². The molecular weight excluding hydrogens is 396 g/mol. The molecule has 1 aliphatic rings. The molecule has 2 heterocycles. The highest BCUT2D eigenvalue weighted by Crippen LogP contribution is 2.28. The molecule has 1 fully saturated rings. The maximum Gasteiger partial charge on any atom is 0.261 e. The van der Waals surface area contributed by atoms with Gasteiger partial charge in [0.05, 0.1) is 6.54 Å². The Bertz CT molecular complexity index is 888. The lowest BCUT2D eigenvalue weighted by atomic mass is 10.0. The molecule has 1 aliphatic heterocycles. The molecule has 1 aromatic carbocycles. The summed E-state index contributed by atoms with van der Waals surface area (Å²) >= 11 is 1.21. The third kappa shape index (κ3) is 5.12. The molecular formula is C20H26N2O4S2. The van der Waals surface area contributed by atoms with Crippen LogP contribution < -0.4 is 10.1 Å². The fourth-order valence-corrected chi connectivity index (χ4v) is 5.94. The zero-order chi connectivity index (χ0) is 20.1. The van der Waals surface area contributed by atoms with E-state index < -0.39 is 16.1 Å². The van der Waals surface area contributed by atoms with Gasteiger partial charge in [0.15, 0.2) is 6.10 Å². The van der Waals surface area contributed by atoms with E-state index in [2.05, 4.69) is 12.2 Å². The maximum absolute atomic E-state index is 12.8. The van der Waals surface area contributed by atoms with Crippen LogP contribution in [0.3, 0.4) is 0 Å². The molecule has 6 nitrogen and oxygen atoms in total. The lowest BCUT2D eigenvalue weighted by molar-refractivity contribution is -0.127. The van der Waals surface area contributed by atoms with E-state index >= 15 is 0 Å². The number of nitrogens with zero attached hydrogens (tertiary/aromatic N) is 1. The lowest BCUT2D eigenvalue weighted by Gasteiger charge is -2.28. The zero-order valence-electron chi connectivity index (χ0n) is 16.1. The third-order valence-corrected chi connectivity index (χ3v) is 8.29. The Kier molecular flexibility index (Phi) is 6.74. The zero-order valence-corrected chi connectivity index (χ0v) is 17.8. The number of ether oxygens (including phenoxy) is 1. The quantitative estimate of drug-likeness (QED) is 0.743. The van der Waals surface area contributed by atoms with Crippen LogP contribution in [0.15, 0.2) is 46.7 Å². The summed E-state index contributed by atoms with van der Waals surface area (Å²) in [5.41, 5.74) is 0. The molecule has 3 rings (SSSR count). The maximum atomic E-state index is 12.8. The first-order valence-electron chi connectivity index (χ1n) is 9.44. The normalized spacial score (nSPS) is 17.2. The Balaban J connectivity index is 1.55. The van der Waals surface area contributed by atoms with Crippen LogP contribution in [0.4, 0.5) is 0 Å². The van der Waals surface area contributed by atoms with Crippen molar-refractivity contribution in [3.8, 4) is 5.75 Å². The molecule has 0 bridgehead atoms. The van der Waals surface area contributed by atoms with Crippen molar-refractivity contribution < 1.29 is 17.9 Å². The van der Waals surface area contributed by atoms with Crippen molar-refractivity contribution in [3.05, 3.63) is 47.3 Å². The molecule has 1 aromatic heterocycles. The molecule has 1 amide bonds. The molecule has 152 valence electrons. The Hall–Kier alpha value is -1.90. The number of sulfonamides is 1. The van der Waals surface area contributed by atoms with Gasteiger partial charge in [-0.15, -0.1) is 11.3 Å². The average molecular weight is 423 g/mol. The molecule has 0 unspecified atom stereocenters. The molecule has 0 saturated carbocycles. The molecule has 28 heavy (non-hydrogen) atoms. The minimum atomic E-state index is -3.45. The minimum Gasteiger partial charge on any atom is -0.481 e. The van der Waals surface area contributed by atoms with E-state index in [0.29, 0.717) is 29.0 Å². The number of piperidine rings is 1. The van der Waals surface area contributed by atoms with E-state index in [-0.39, 0.29) is 12.5 Å². The van der Waals surface area contributed by atoms with Gasteiger partial charge in [0.25, 0.3) is 15.9 Å². The summed E-state index contributed by atoms with van der Waals surface area (Å²) in [6.45, 7) is 5.25. The summed E-state index contributed by atoms with van der Waals surface area (Å²) < 4.78 is 33.1. The van der Waals surface area contributed by atoms with E-state index in [4.69, 9.17) is 4.74 Å². The Morgan fingerprint density at radius 3 is 2.57 bits per heavy atom. The highest BCUT2D eigenvalue weighted by Gasteiger charge is 2.29. The standard InChI is InChI=1S/C20H26N2O4S2/c1-15-10-12-22(13-11-15)28(24,25)19-9-8-18(27-19)14-21-20(23)16(2)26-17-6-4-3-5-7-17/h3-9,15-16H,10-14H2,1-2H3,(H,21,23)/t16-/m0/s1. The van der Waals surface area contributed by atoms with Gasteiger partial charge >= 0.3 is 0 Å². The molecule has 0 aliphatic carbocycles. The number of carbonyl (C=O) groups is 1. The van der Waals surface area contributed by atoms with Crippen LogP contribution >= 0.6 is 11.3 Å². The highest BCUT2D eigenvalue weighted by atomic mass is 32.2. The Morgan fingerprint density at radius 1 is 1.21 bits per heavy atom. The SMILES string of the molecule is CC1CCN(S(=O)(=O)c2ccc(CNC(=O)[C@H](C)Oc3ccccc3)s2)CC1. The summed E-state index contributed by atoms with van der Waals surface area (Å²) in [5, 5.41) is 2.81. The number of hydrogen-bond acceptors (Lipinski definition) is 5. The second-order valence-electron chi connectivity index (χ2n) is 7.10. The first-order valence-corrected chi connectivity index (χ1v) is 11.7. The van der Waals surface area contributed by atoms with E-state index in [0.717, 1.165) is 17.7 Å². The molecule has 1 atom stereocenters. The predicted octanol–water partition coefficient (Wildman–Crippen LogP) is 3.25. The molecule has 1 saturated heterocycles. The predicted molar refractivity (Wildman–Crippen MR) is 110 cm³/mol. The van der Waals surface area contributed by atoms with Crippen molar-refractivity contribution in [2.45, 2.75) is 43.5 Å². The van der Waals surface area contributed by atoms with Crippen LogP contribution in [0.2, 0.25) is 0 Å². The fourth-order valence-electron chi connectivity index (χ4n) is 3.02. The van der Waals surface area contributed by atoms with E-state index in [1.807, 2.05) is 18.2 Å². The largest absolute Gasteiger partial charge is 0.481 e. The highest BCUT2D eigenvalue weighted by molar-refractivity contribution is 7.91. The fraction of sp³-hybridized carbons (Fsp3) is 0.450. The molecule has 8 heteroatoms. The van der Waals surface area contributed by atoms with Gasteiger partial charge in [0.2, 0.25) is 0 Å². The second kappa shape index (κ2) is 9.07. The number of benzene rings is 1. The summed E-state index contributed by atoms with van der Waals surface area (Å²) in [6.07, 6.45) is 1.15. The van der Waals surface area contributed by atoms with Gasteiger partial charge in [0.1, 0.15) is 9.96 Å². The molecule has 0 radical (unpaired) electrons. The topological polar surface area (TPSA) is 75.7 Å². The van der Waals surface area contributed by atoms with Crippen molar-refractivity contribution in [2.24, 2.45) is 5.92 Å². The molecule has 2 aromatic rings. The smallest absolute Gasteiger partial charge is 0.261 e. The number of para-hydroxylation sites is 1. The van der Waals surface area contributed by atoms with E-state index in [9.17, 15) is 13.2 Å². The summed E-state index contributed by atoms with van der Waals surface area (Å²) in [6, 6.07) is 12.5.